The van der Waals surface area contributed by atoms with Gasteiger partial charge in [0.05, 0.1) is 12.1 Å². The third-order valence-corrected chi connectivity index (χ3v) is 3.13. The second-order valence-electron chi connectivity index (χ2n) is 4.57. The number of nitrogens with one attached hydrogen (secondary N) is 1. The van der Waals surface area contributed by atoms with E-state index < -0.39 is 12.1 Å². The van der Waals surface area contributed by atoms with Gasteiger partial charge in [-0.25, -0.2) is 4.79 Å². The summed E-state index contributed by atoms with van der Waals surface area (Å²) < 4.78 is 10.1. The third-order valence-electron chi connectivity index (χ3n) is 3.13. The summed E-state index contributed by atoms with van der Waals surface area (Å²) in [5.41, 5.74) is 0. The Balaban J connectivity index is 2.09. The van der Waals surface area contributed by atoms with Crippen molar-refractivity contribution in [2.75, 3.05) is 13.2 Å². The number of piperidine rings is 1. The molecular weight excluding hydrogens is 240 g/mol. The molecule has 7 nitrogen and oxygen atoms in total. The van der Waals surface area contributed by atoms with Crippen LogP contribution in [0, 0.1) is 0 Å². The van der Waals surface area contributed by atoms with E-state index in [1.807, 2.05) is 0 Å². The molecule has 2 rings (SSSR count). The second kappa shape index (κ2) is 4.83. The van der Waals surface area contributed by atoms with Crippen molar-refractivity contribution in [3.05, 3.63) is 0 Å². The quantitative estimate of drug-likeness (QED) is 0.682. The van der Waals surface area contributed by atoms with Crippen LogP contribution in [0.25, 0.3) is 0 Å². The highest BCUT2D eigenvalue weighted by Crippen LogP contribution is 2.26. The van der Waals surface area contributed by atoms with Crippen molar-refractivity contribution in [3.63, 3.8) is 0 Å². The molecular formula is C11H16N2O5. The van der Waals surface area contributed by atoms with E-state index in [2.05, 4.69) is 5.32 Å². The molecule has 100 valence electrons. The lowest BCUT2D eigenvalue weighted by molar-refractivity contribution is -0.151. The van der Waals surface area contributed by atoms with Crippen LogP contribution in [0.4, 0.5) is 4.79 Å². The van der Waals surface area contributed by atoms with Gasteiger partial charge >= 0.3 is 12.1 Å². The summed E-state index contributed by atoms with van der Waals surface area (Å²) in [5, 5.41) is 2.70. The number of carbonyl (C=O) groups is 3. The Morgan fingerprint density at radius 2 is 2.17 bits per heavy atom. The number of carbonyl (C=O) groups excluding carboxylic acids is 3. The van der Waals surface area contributed by atoms with Crippen molar-refractivity contribution in [2.45, 2.75) is 38.5 Å². The van der Waals surface area contributed by atoms with Gasteiger partial charge in [-0.2, -0.15) is 0 Å². The number of hydrogen-bond acceptors (Lipinski definition) is 5. The average Bonchev–Trinajstić information content (AvgIpc) is 2.59. The largest absolute Gasteiger partial charge is 0.460 e. The van der Waals surface area contributed by atoms with Gasteiger partial charge in [-0.1, -0.05) is 0 Å². The fourth-order valence-corrected chi connectivity index (χ4v) is 2.41. The normalized spacial score (nSPS) is 30.4. The first-order valence-corrected chi connectivity index (χ1v) is 5.85. The molecule has 0 radical (unpaired) electrons. The van der Waals surface area contributed by atoms with Gasteiger partial charge in [0, 0.05) is 26.8 Å². The number of ether oxygens (including phenoxy) is 2. The Morgan fingerprint density at radius 3 is 2.78 bits per heavy atom. The summed E-state index contributed by atoms with van der Waals surface area (Å²) in [6.07, 6.45) is -0.310. The second-order valence-corrected chi connectivity index (χ2v) is 4.57. The van der Waals surface area contributed by atoms with Gasteiger partial charge in [0.1, 0.15) is 12.7 Å². The number of nitrogens with zero attached hydrogens (tertiary/aromatic N) is 1. The minimum absolute atomic E-state index is 0.0770. The van der Waals surface area contributed by atoms with Crippen LogP contribution in [0.3, 0.4) is 0 Å². The summed E-state index contributed by atoms with van der Waals surface area (Å²) in [5.74, 6) is -0.614. The predicted molar refractivity (Wildman–Crippen MR) is 59.6 cm³/mol. The van der Waals surface area contributed by atoms with E-state index in [9.17, 15) is 14.4 Å². The molecule has 0 unspecified atom stereocenters. The van der Waals surface area contributed by atoms with Crippen LogP contribution >= 0.6 is 0 Å². The van der Waals surface area contributed by atoms with E-state index in [4.69, 9.17) is 9.47 Å². The highest BCUT2D eigenvalue weighted by Gasteiger charge is 2.44. The molecule has 2 aliphatic heterocycles. The molecule has 2 aliphatic rings. The fourth-order valence-electron chi connectivity index (χ4n) is 2.41. The van der Waals surface area contributed by atoms with Crippen LogP contribution in [-0.2, 0) is 19.1 Å². The summed E-state index contributed by atoms with van der Waals surface area (Å²) in [6.45, 7) is 3.33. The summed E-state index contributed by atoms with van der Waals surface area (Å²) in [6, 6.07) is -0.458. The number of hydrogen-bond donors (Lipinski definition) is 1. The topological polar surface area (TPSA) is 84.9 Å². The van der Waals surface area contributed by atoms with E-state index >= 15 is 0 Å². The Labute approximate surface area is 104 Å². The molecule has 2 fully saturated rings. The molecule has 0 aromatic heterocycles. The Hall–Kier alpha value is -1.79. The predicted octanol–water partition coefficient (Wildman–Crippen LogP) is -0.353. The molecule has 0 aromatic rings. The molecule has 7 heteroatoms. The maximum atomic E-state index is 11.5. The third kappa shape index (κ3) is 2.55. The van der Waals surface area contributed by atoms with E-state index in [0.717, 1.165) is 0 Å². The molecule has 2 amide bonds. The van der Waals surface area contributed by atoms with Crippen molar-refractivity contribution in [1.29, 1.82) is 0 Å². The molecule has 2 heterocycles. The lowest BCUT2D eigenvalue weighted by atomic mass is 9.96. The Bertz CT molecular complexity index is 384. The molecule has 2 saturated heterocycles. The van der Waals surface area contributed by atoms with Crippen LogP contribution in [0.15, 0.2) is 0 Å². The first kappa shape index (κ1) is 12.7. The van der Waals surface area contributed by atoms with Crippen molar-refractivity contribution in [3.8, 4) is 0 Å². The molecule has 1 N–H and O–H groups in total. The first-order valence-electron chi connectivity index (χ1n) is 5.85. The van der Waals surface area contributed by atoms with Crippen molar-refractivity contribution in [2.24, 2.45) is 0 Å². The zero-order valence-corrected chi connectivity index (χ0v) is 10.3. The molecule has 3 atom stereocenters. The molecule has 0 aliphatic carbocycles. The number of rotatable bonds is 2. The van der Waals surface area contributed by atoms with Crippen LogP contribution < -0.4 is 5.32 Å². The fraction of sp³-hybridized carbons (Fsp3) is 0.727. The summed E-state index contributed by atoms with van der Waals surface area (Å²) in [4.78, 5) is 35.2. The van der Waals surface area contributed by atoms with Gasteiger partial charge < -0.3 is 14.8 Å². The maximum absolute atomic E-state index is 11.5. The van der Waals surface area contributed by atoms with Gasteiger partial charge in [-0.05, 0) is 0 Å². The Kier molecular flexibility index (Phi) is 3.40. The lowest BCUT2D eigenvalue weighted by Crippen LogP contribution is -2.58. The molecule has 0 aromatic carbocycles. The molecule has 0 saturated carbocycles. The number of fused-ring (bicyclic) bond motifs is 1. The molecule has 0 bridgehead atoms. The highest BCUT2D eigenvalue weighted by atomic mass is 16.6. The lowest BCUT2D eigenvalue weighted by Gasteiger charge is -2.38. The van der Waals surface area contributed by atoms with Gasteiger partial charge in [0.2, 0.25) is 5.91 Å². The van der Waals surface area contributed by atoms with Crippen molar-refractivity contribution in [1.82, 2.24) is 10.2 Å². The minimum atomic E-state index is -0.415. The van der Waals surface area contributed by atoms with Crippen LogP contribution in [-0.4, -0.2) is 54.2 Å². The standard InChI is InChI=1S/C11H16N2O5/c1-6(14)12-9-4-13-8(5-17-11(13)16)3-10(9)18-7(2)15/h8-10H,3-5H2,1-2H3,(H,12,14)/t8-,9+,10+/m0/s1. The SMILES string of the molecule is CC(=O)N[C@@H]1CN2C(=O)OC[C@@H]2C[C@H]1OC(C)=O. The zero-order valence-electron chi connectivity index (χ0n) is 10.3. The molecule has 0 spiro atoms. The number of cyclic esters (lactones) is 1. The van der Waals surface area contributed by atoms with Gasteiger partial charge in [-0.15, -0.1) is 0 Å². The van der Waals surface area contributed by atoms with E-state index in [1.165, 1.54) is 13.8 Å². The van der Waals surface area contributed by atoms with Crippen LogP contribution in [0.1, 0.15) is 20.3 Å². The van der Waals surface area contributed by atoms with Gasteiger partial charge in [0.15, 0.2) is 0 Å². The summed E-state index contributed by atoms with van der Waals surface area (Å²) in [7, 11) is 0. The first-order chi connectivity index (χ1) is 8.47. The summed E-state index contributed by atoms with van der Waals surface area (Å²) >= 11 is 0. The van der Waals surface area contributed by atoms with Crippen molar-refractivity contribution >= 4 is 18.0 Å². The van der Waals surface area contributed by atoms with Gasteiger partial charge in [0.25, 0.3) is 0 Å². The van der Waals surface area contributed by atoms with Gasteiger partial charge in [-0.3, -0.25) is 14.5 Å². The monoisotopic (exact) mass is 256 g/mol. The number of amides is 2. The maximum Gasteiger partial charge on any atom is 0.410 e. The van der Waals surface area contributed by atoms with Crippen molar-refractivity contribution < 1.29 is 23.9 Å². The number of esters is 1. The minimum Gasteiger partial charge on any atom is -0.460 e. The van der Waals surface area contributed by atoms with E-state index in [-0.39, 0.29) is 24.1 Å². The smallest absolute Gasteiger partial charge is 0.410 e. The average molecular weight is 256 g/mol. The zero-order chi connectivity index (χ0) is 13.3. The Morgan fingerprint density at radius 1 is 1.44 bits per heavy atom. The highest BCUT2D eigenvalue weighted by molar-refractivity contribution is 5.74. The van der Waals surface area contributed by atoms with E-state index in [0.29, 0.717) is 19.6 Å². The van der Waals surface area contributed by atoms with E-state index in [1.54, 1.807) is 4.90 Å². The molecule has 18 heavy (non-hydrogen) atoms. The van der Waals surface area contributed by atoms with Crippen LogP contribution in [0.2, 0.25) is 0 Å². The van der Waals surface area contributed by atoms with Crippen LogP contribution in [0.5, 0.6) is 0 Å².